The van der Waals surface area contributed by atoms with Gasteiger partial charge in [-0.2, -0.15) is 0 Å². The van der Waals surface area contributed by atoms with E-state index in [2.05, 4.69) is 11.9 Å². The first kappa shape index (κ1) is 21.2. The Morgan fingerprint density at radius 2 is 1.81 bits per heavy atom. The van der Waals surface area contributed by atoms with Gasteiger partial charge in [0, 0.05) is 38.1 Å². The predicted molar refractivity (Wildman–Crippen MR) is 116 cm³/mol. The van der Waals surface area contributed by atoms with Gasteiger partial charge in [-0.05, 0) is 48.1 Å². The quantitative estimate of drug-likeness (QED) is 0.755. The average Bonchev–Trinajstić information content (AvgIpc) is 2.81. The zero-order valence-electron chi connectivity index (χ0n) is 18.5. The molecular formula is C24H29N3O4. The lowest BCUT2D eigenvalue weighted by molar-refractivity contribution is -0.135. The number of carbonyl (C=O) groups excluding carboxylic acids is 2. The number of methoxy groups -OCH3 is 2. The van der Waals surface area contributed by atoms with E-state index in [0.29, 0.717) is 28.5 Å². The molecule has 2 aliphatic heterocycles. The first-order chi connectivity index (χ1) is 15.0. The maximum absolute atomic E-state index is 13.9. The second-order valence-corrected chi connectivity index (χ2v) is 8.43. The number of rotatable bonds is 4. The van der Waals surface area contributed by atoms with Crippen LogP contribution in [0.4, 0.5) is 0 Å². The minimum absolute atomic E-state index is 0.0357. The van der Waals surface area contributed by atoms with Gasteiger partial charge in [-0.1, -0.05) is 13.0 Å². The third kappa shape index (κ3) is 3.73. The normalized spacial score (nSPS) is 21.6. The van der Waals surface area contributed by atoms with Gasteiger partial charge >= 0.3 is 0 Å². The molecule has 2 atom stereocenters. The number of amides is 2. The van der Waals surface area contributed by atoms with Gasteiger partial charge < -0.3 is 19.3 Å². The van der Waals surface area contributed by atoms with E-state index < -0.39 is 12.0 Å². The number of benzene rings is 1. The fraction of sp³-hybridized carbons (Fsp3) is 0.458. The van der Waals surface area contributed by atoms with E-state index in [1.165, 1.54) is 7.11 Å². The summed E-state index contributed by atoms with van der Waals surface area (Å²) in [6.07, 6.45) is 5.41. The Labute approximate surface area is 183 Å². The Bertz CT molecular complexity index is 970. The van der Waals surface area contributed by atoms with Crippen LogP contribution in [0.2, 0.25) is 0 Å². The van der Waals surface area contributed by atoms with Crippen LogP contribution in [0.25, 0.3) is 0 Å². The lowest BCUT2D eigenvalue weighted by Gasteiger charge is -2.42. The van der Waals surface area contributed by atoms with Crippen molar-refractivity contribution in [3.05, 3.63) is 53.3 Å². The SMILES string of the molecule is COc1cc2c(cc1OC)C(C(=O)N1CCC(C)CC1)C(c1cccnc1)N(C)C2=O. The molecule has 7 heteroatoms. The minimum atomic E-state index is -0.546. The summed E-state index contributed by atoms with van der Waals surface area (Å²) in [5, 5.41) is 0. The second-order valence-electron chi connectivity index (χ2n) is 8.43. The van der Waals surface area contributed by atoms with Crippen LogP contribution in [0.3, 0.4) is 0 Å². The Balaban J connectivity index is 1.87. The van der Waals surface area contributed by atoms with Crippen LogP contribution in [0, 0.1) is 5.92 Å². The summed E-state index contributed by atoms with van der Waals surface area (Å²) < 4.78 is 10.9. The van der Waals surface area contributed by atoms with Gasteiger partial charge in [0.05, 0.1) is 26.2 Å². The number of nitrogens with zero attached hydrogens (tertiary/aromatic N) is 3. The van der Waals surface area contributed by atoms with Gasteiger partial charge in [0.15, 0.2) is 11.5 Å². The number of aromatic nitrogens is 1. The van der Waals surface area contributed by atoms with Crippen molar-refractivity contribution in [3.8, 4) is 11.5 Å². The number of ether oxygens (including phenoxy) is 2. The molecule has 0 bridgehead atoms. The largest absolute Gasteiger partial charge is 0.493 e. The molecule has 0 N–H and O–H groups in total. The van der Waals surface area contributed by atoms with E-state index in [-0.39, 0.29) is 11.8 Å². The molecule has 4 rings (SSSR count). The molecule has 0 radical (unpaired) electrons. The number of hydrogen-bond acceptors (Lipinski definition) is 5. The van der Waals surface area contributed by atoms with Gasteiger partial charge in [0.2, 0.25) is 5.91 Å². The van der Waals surface area contributed by atoms with E-state index in [4.69, 9.17) is 9.47 Å². The number of hydrogen-bond donors (Lipinski definition) is 0. The van der Waals surface area contributed by atoms with Gasteiger partial charge in [0.25, 0.3) is 5.91 Å². The third-order valence-corrected chi connectivity index (χ3v) is 6.56. The Hall–Kier alpha value is -3.09. The summed E-state index contributed by atoms with van der Waals surface area (Å²) in [6.45, 7) is 3.69. The molecule has 2 amide bonds. The molecule has 0 spiro atoms. The Morgan fingerprint density at radius 3 is 2.42 bits per heavy atom. The van der Waals surface area contributed by atoms with Crippen molar-refractivity contribution in [2.45, 2.75) is 31.7 Å². The number of carbonyl (C=O) groups is 2. The molecule has 7 nitrogen and oxygen atoms in total. The maximum Gasteiger partial charge on any atom is 0.254 e. The number of likely N-dealkylation sites (N-methyl/N-ethyl adjacent to an activating group) is 1. The van der Waals surface area contributed by atoms with Crippen LogP contribution in [0.15, 0.2) is 36.7 Å². The fourth-order valence-electron chi connectivity index (χ4n) is 4.71. The first-order valence-electron chi connectivity index (χ1n) is 10.7. The van der Waals surface area contributed by atoms with Crippen molar-refractivity contribution in [2.75, 3.05) is 34.4 Å². The summed E-state index contributed by atoms with van der Waals surface area (Å²) in [7, 11) is 4.85. The Morgan fingerprint density at radius 1 is 1.13 bits per heavy atom. The van der Waals surface area contributed by atoms with Crippen molar-refractivity contribution in [3.63, 3.8) is 0 Å². The molecule has 0 saturated carbocycles. The topological polar surface area (TPSA) is 72.0 Å². The number of fused-ring (bicyclic) bond motifs is 1. The second kappa shape index (κ2) is 8.57. The molecule has 3 heterocycles. The molecule has 2 unspecified atom stereocenters. The highest BCUT2D eigenvalue weighted by Gasteiger charge is 2.45. The molecule has 1 fully saturated rings. The van der Waals surface area contributed by atoms with Crippen LogP contribution < -0.4 is 9.47 Å². The summed E-state index contributed by atoms with van der Waals surface area (Å²) in [5.74, 6) is 0.935. The van der Waals surface area contributed by atoms with Crippen molar-refractivity contribution in [1.82, 2.24) is 14.8 Å². The summed E-state index contributed by atoms with van der Waals surface area (Å²) >= 11 is 0. The van der Waals surface area contributed by atoms with E-state index in [1.54, 1.807) is 43.6 Å². The number of piperidine rings is 1. The van der Waals surface area contributed by atoms with Crippen molar-refractivity contribution in [1.29, 1.82) is 0 Å². The number of likely N-dealkylation sites (tertiary alicyclic amines) is 1. The summed E-state index contributed by atoms with van der Waals surface area (Å²) in [6, 6.07) is 6.79. The predicted octanol–water partition coefficient (Wildman–Crippen LogP) is 3.27. The van der Waals surface area contributed by atoms with Crippen molar-refractivity contribution < 1.29 is 19.1 Å². The van der Waals surface area contributed by atoms with Gasteiger partial charge in [-0.25, -0.2) is 0 Å². The minimum Gasteiger partial charge on any atom is -0.493 e. The molecule has 0 aliphatic carbocycles. The standard InChI is InChI=1S/C24H29N3O4/c1-15-7-10-27(11-8-15)24(29)21-17-12-19(30-3)20(31-4)13-18(17)23(28)26(2)22(21)16-6-5-9-25-14-16/h5-6,9,12-15,21-22H,7-8,10-11H2,1-4H3. The molecular weight excluding hydrogens is 394 g/mol. The Kier molecular flexibility index (Phi) is 5.85. The summed E-state index contributed by atoms with van der Waals surface area (Å²) in [4.78, 5) is 35.1. The van der Waals surface area contributed by atoms with Crippen LogP contribution >= 0.6 is 0 Å². The number of pyridine rings is 1. The van der Waals surface area contributed by atoms with Crippen LogP contribution in [0.5, 0.6) is 11.5 Å². The highest BCUT2D eigenvalue weighted by Crippen LogP contribution is 2.46. The maximum atomic E-state index is 13.9. The van der Waals surface area contributed by atoms with Crippen LogP contribution in [0.1, 0.15) is 53.2 Å². The summed E-state index contributed by atoms with van der Waals surface area (Å²) in [5.41, 5.74) is 1.99. The van der Waals surface area contributed by atoms with Crippen LogP contribution in [-0.4, -0.2) is 61.0 Å². The molecule has 2 aromatic rings. The van der Waals surface area contributed by atoms with Crippen molar-refractivity contribution >= 4 is 11.8 Å². The highest BCUT2D eigenvalue weighted by molar-refractivity contribution is 6.02. The monoisotopic (exact) mass is 423 g/mol. The van der Waals surface area contributed by atoms with E-state index >= 15 is 0 Å². The zero-order chi connectivity index (χ0) is 22.1. The third-order valence-electron chi connectivity index (χ3n) is 6.56. The van der Waals surface area contributed by atoms with Gasteiger partial charge in [-0.15, -0.1) is 0 Å². The molecule has 1 saturated heterocycles. The van der Waals surface area contributed by atoms with Gasteiger partial charge in [0.1, 0.15) is 0 Å². The molecule has 164 valence electrons. The molecule has 1 aromatic carbocycles. The first-order valence-corrected chi connectivity index (χ1v) is 10.7. The van der Waals surface area contributed by atoms with Gasteiger partial charge in [-0.3, -0.25) is 14.6 Å². The molecule has 1 aromatic heterocycles. The van der Waals surface area contributed by atoms with Crippen LogP contribution in [-0.2, 0) is 4.79 Å². The van der Waals surface area contributed by atoms with E-state index in [1.807, 2.05) is 17.0 Å². The smallest absolute Gasteiger partial charge is 0.254 e. The molecule has 31 heavy (non-hydrogen) atoms. The highest BCUT2D eigenvalue weighted by atomic mass is 16.5. The lowest BCUT2D eigenvalue weighted by atomic mass is 9.79. The fourth-order valence-corrected chi connectivity index (χ4v) is 4.71. The van der Waals surface area contributed by atoms with E-state index in [9.17, 15) is 9.59 Å². The van der Waals surface area contributed by atoms with E-state index in [0.717, 1.165) is 31.5 Å². The lowest BCUT2D eigenvalue weighted by Crippen LogP contribution is -2.48. The van der Waals surface area contributed by atoms with Crippen molar-refractivity contribution in [2.24, 2.45) is 5.92 Å². The molecule has 2 aliphatic rings. The average molecular weight is 424 g/mol. The zero-order valence-corrected chi connectivity index (χ0v) is 18.5.